The Kier molecular flexibility index (Phi) is 4.69. The molecule has 5 rings (SSSR count). The molecule has 2 aromatic carbocycles. The number of hydrogen-bond acceptors (Lipinski definition) is 9. The van der Waals surface area contributed by atoms with Gasteiger partial charge in [-0.25, -0.2) is 19.0 Å². The minimum Gasteiger partial charge on any atom is -0.383 e. The molecule has 0 aliphatic heterocycles. The normalized spacial score (nSPS) is 13.3. The lowest BCUT2D eigenvalue weighted by Crippen LogP contribution is -2.28. The van der Waals surface area contributed by atoms with Crippen molar-refractivity contribution in [3.05, 3.63) is 69.4 Å². The predicted octanol–water partition coefficient (Wildman–Crippen LogP) is 3.81. The minimum atomic E-state index is -0.623. The summed E-state index contributed by atoms with van der Waals surface area (Å²) in [6, 6.07) is 6.67. The van der Waals surface area contributed by atoms with Gasteiger partial charge in [0.15, 0.2) is 5.52 Å². The first-order chi connectivity index (χ1) is 15.8. The topological polar surface area (TPSA) is 154 Å². The van der Waals surface area contributed by atoms with Gasteiger partial charge < -0.3 is 5.73 Å². The molecule has 11 nitrogen and oxygen atoms in total. The zero-order valence-electron chi connectivity index (χ0n) is 17.2. The van der Waals surface area contributed by atoms with Crippen LogP contribution in [-0.2, 0) is 0 Å². The van der Waals surface area contributed by atoms with Gasteiger partial charge in [0, 0.05) is 12.3 Å². The summed E-state index contributed by atoms with van der Waals surface area (Å²) in [4.78, 5) is 34.0. The second kappa shape index (κ2) is 7.58. The molecular formula is C21H16FN7O4. The number of carbonyl (C=O) groups excluding carboxylic acids is 1. The molecule has 1 amide bonds. The number of aromatic nitrogens is 4. The van der Waals surface area contributed by atoms with Crippen molar-refractivity contribution in [2.75, 3.05) is 10.6 Å². The van der Waals surface area contributed by atoms with E-state index in [0.29, 0.717) is 17.1 Å². The standard InChI is InChI=1S/C21H16FN7O4/c1-10-24-9-14(20(23)25-10)21(30)28(15-5-4-12(22)8-13(15)11-2-3-11)16-6-7-17(29(31)32)19-18(16)26-33-27-19/h4-9,11H,2-3H2,1H3,(H2,23,24,25). The van der Waals surface area contributed by atoms with Gasteiger partial charge in [-0.2, -0.15) is 0 Å². The number of benzene rings is 2. The van der Waals surface area contributed by atoms with E-state index in [0.717, 1.165) is 12.8 Å². The lowest BCUT2D eigenvalue weighted by Gasteiger charge is -2.26. The molecule has 1 aliphatic rings. The van der Waals surface area contributed by atoms with Gasteiger partial charge in [0.05, 0.1) is 16.3 Å². The van der Waals surface area contributed by atoms with Crippen molar-refractivity contribution in [1.29, 1.82) is 0 Å². The van der Waals surface area contributed by atoms with Crippen molar-refractivity contribution in [1.82, 2.24) is 20.3 Å². The molecule has 1 aliphatic carbocycles. The first-order valence-electron chi connectivity index (χ1n) is 9.98. The molecule has 1 saturated carbocycles. The van der Waals surface area contributed by atoms with Crippen LogP contribution in [-0.4, -0.2) is 31.1 Å². The van der Waals surface area contributed by atoms with Crippen LogP contribution < -0.4 is 10.6 Å². The summed E-state index contributed by atoms with van der Waals surface area (Å²) >= 11 is 0. The summed E-state index contributed by atoms with van der Waals surface area (Å²) in [5.74, 6) is -0.637. The third-order valence-electron chi connectivity index (χ3n) is 5.43. The van der Waals surface area contributed by atoms with Crippen molar-refractivity contribution >= 4 is 39.8 Å². The summed E-state index contributed by atoms with van der Waals surface area (Å²) in [6.07, 6.45) is 2.99. The van der Waals surface area contributed by atoms with E-state index in [1.165, 1.54) is 41.4 Å². The fourth-order valence-electron chi connectivity index (χ4n) is 3.74. The summed E-state index contributed by atoms with van der Waals surface area (Å²) in [5.41, 5.74) is 6.74. The summed E-state index contributed by atoms with van der Waals surface area (Å²) in [7, 11) is 0. The van der Waals surface area contributed by atoms with Gasteiger partial charge in [-0.05, 0) is 65.8 Å². The van der Waals surface area contributed by atoms with Crippen LogP contribution in [0.15, 0.2) is 41.2 Å². The summed E-state index contributed by atoms with van der Waals surface area (Å²) < 4.78 is 18.9. The van der Waals surface area contributed by atoms with Gasteiger partial charge >= 0.3 is 5.69 Å². The Morgan fingerprint density at radius 2 is 1.94 bits per heavy atom. The molecule has 2 aromatic heterocycles. The number of amides is 1. The number of nitrogens with zero attached hydrogens (tertiary/aromatic N) is 6. The van der Waals surface area contributed by atoms with E-state index in [2.05, 4.69) is 20.3 Å². The van der Waals surface area contributed by atoms with Crippen molar-refractivity contribution in [2.45, 2.75) is 25.7 Å². The molecule has 33 heavy (non-hydrogen) atoms. The fourth-order valence-corrected chi connectivity index (χ4v) is 3.74. The number of aryl methyl sites for hydroxylation is 1. The second-order valence-electron chi connectivity index (χ2n) is 7.66. The first-order valence-corrected chi connectivity index (χ1v) is 9.98. The number of halogens is 1. The number of non-ortho nitro benzene ring substituents is 1. The zero-order chi connectivity index (χ0) is 23.3. The maximum absolute atomic E-state index is 14.1. The lowest BCUT2D eigenvalue weighted by molar-refractivity contribution is -0.383. The number of nitro benzene ring substituents is 1. The van der Waals surface area contributed by atoms with E-state index in [1.54, 1.807) is 6.92 Å². The van der Waals surface area contributed by atoms with Crippen LogP contribution in [0.25, 0.3) is 11.0 Å². The van der Waals surface area contributed by atoms with Crippen LogP contribution in [0, 0.1) is 22.9 Å². The number of nitro groups is 1. The predicted molar refractivity (Wildman–Crippen MR) is 114 cm³/mol. The van der Waals surface area contributed by atoms with Gasteiger partial charge in [-0.3, -0.25) is 19.8 Å². The quantitative estimate of drug-likeness (QED) is 0.354. The van der Waals surface area contributed by atoms with Crippen LogP contribution in [0.5, 0.6) is 0 Å². The van der Waals surface area contributed by atoms with E-state index >= 15 is 0 Å². The Morgan fingerprint density at radius 1 is 1.21 bits per heavy atom. The number of anilines is 3. The van der Waals surface area contributed by atoms with Crippen LogP contribution in [0.2, 0.25) is 0 Å². The van der Waals surface area contributed by atoms with Crippen LogP contribution >= 0.6 is 0 Å². The van der Waals surface area contributed by atoms with Crippen molar-refractivity contribution in [3.63, 3.8) is 0 Å². The highest BCUT2D eigenvalue weighted by atomic mass is 19.1. The lowest BCUT2D eigenvalue weighted by atomic mass is 10.0. The third-order valence-corrected chi connectivity index (χ3v) is 5.43. The molecule has 1 fully saturated rings. The molecule has 0 bridgehead atoms. The second-order valence-corrected chi connectivity index (χ2v) is 7.66. The molecule has 12 heteroatoms. The van der Waals surface area contributed by atoms with E-state index in [4.69, 9.17) is 10.4 Å². The maximum atomic E-state index is 14.1. The van der Waals surface area contributed by atoms with Crippen molar-refractivity contribution < 1.29 is 18.7 Å². The largest absolute Gasteiger partial charge is 0.383 e. The van der Waals surface area contributed by atoms with Gasteiger partial charge in [0.25, 0.3) is 5.91 Å². The molecule has 4 aromatic rings. The Morgan fingerprint density at radius 3 is 2.64 bits per heavy atom. The average molecular weight is 449 g/mol. The van der Waals surface area contributed by atoms with E-state index < -0.39 is 16.6 Å². The molecular weight excluding hydrogens is 433 g/mol. The number of nitrogens with two attached hydrogens (primary N) is 1. The van der Waals surface area contributed by atoms with E-state index in [-0.39, 0.29) is 39.7 Å². The molecule has 0 spiro atoms. The van der Waals surface area contributed by atoms with Crippen LogP contribution in [0.4, 0.5) is 27.3 Å². The fraction of sp³-hybridized carbons (Fsp3) is 0.190. The Bertz CT molecular complexity index is 1430. The molecule has 2 N–H and O–H groups in total. The number of nitrogen functional groups attached to an aromatic ring is 1. The molecule has 2 heterocycles. The molecule has 166 valence electrons. The SMILES string of the molecule is Cc1ncc(C(=O)N(c2ccc(F)cc2C2CC2)c2ccc([N+](=O)[O-])c3nonc23)c(N)n1. The smallest absolute Gasteiger partial charge is 0.300 e. The highest BCUT2D eigenvalue weighted by Crippen LogP contribution is 2.47. The highest BCUT2D eigenvalue weighted by Gasteiger charge is 2.34. The molecule has 0 radical (unpaired) electrons. The highest BCUT2D eigenvalue weighted by molar-refractivity contribution is 6.16. The average Bonchev–Trinajstić information content (AvgIpc) is 3.50. The summed E-state index contributed by atoms with van der Waals surface area (Å²) in [6.45, 7) is 1.63. The monoisotopic (exact) mass is 449 g/mol. The third kappa shape index (κ3) is 3.50. The van der Waals surface area contributed by atoms with Crippen molar-refractivity contribution in [2.24, 2.45) is 0 Å². The number of rotatable bonds is 5. The number of carbonyl (C=O) groups is 1. The molecule has 0 saturated heterocycles. The summed E-state index contributed by atoms with van der Waals surface area (Å²) in [5, 5.41) is 18.9. The minimum absolute atomic E-state index is 0.00442. The molecule has 0 unspecified atom stereocenters. The maximum Gasteiger partial charge on any atom is 0.300 e. The van der Waals surface area contributed by atoms with Gasteiger partial charge in [0.1, 0.15) is 23.0 Å². The number of fused-ring (bicyclic) bond motifs is 1. The van der Waals surface area contributed by atoms with E-state index in [1.807, 2.05) is 0 Å². The zero-order valence-corrected chi connectivity index (χ0v) is 17.2. The van der Waals surface area contributed by atoms with Crippen LogP contribution in [0.1, 0.15) is 40.5 Å². The number of hydrogen-bond donors (Lipinski definition) is 1. The van der Waals surface area contributed by atoms with Crippen molar-refractivity contribution in [3.8, 4) is 0 Å². The molecule has 0 atom stereocenters. The Labute approximate surface area is 185 Å². The Balaban J connectivity index is 1.77. The van der Waals surface area contributed by atoms with E-state index in [9.17, 15) is 19.3 Å². The van der Waals surface area contributed by atoms with Gasteiger partial charge in [-0.15, -0.1) is 0 Å². The van der Waals surface area contributed by atoms with Crippen LogP contribution in [0.3, 0.4) is 0 Å². The first kappa shape index (κ1) is 20.4. The van der Waals surface area contributed by atoms with Gasteiger partial charge in [0.2, 0.25) is 5.52 Å². The van der Waals surface area contributed by atoms with Gasteiger partial charge in [-0.1, -0.05) is 0 Å². The Hall–Kier alpha value is -4.48.